The summed E-state index contributed by atoms with van der Waals surface area (Å²) in [6.07, 6.45) is 7.75. The second-order valence-electron chi connectivity index (χ2n) is 8.85. The summed E-state index contributed by atoms with van der Waals surface area (Å²) in [5.41, 5.74) is 1.59. The molecule has 2 aliphatic heterocycles. The van der Waals surface area contributed by atoms with Gasteiger partial charge in [-0.3, -0.25) is 9.69 Å². The highest BCUT2D eigenvalue weighted by Crippen LogP contribution is 2.41. The molecule has 0 saturated carbocycles. The number of ether oxygens (including phenoxy) is 2. The van der Waals surface area contributed by atoms with Gasteiger partial charge in [0.05, 0.1) is 36.9 Å². The zero-order valence-electron chi connectivity index (χ0n) is 19.6. The van der Waals surface area contributed by atoms with Crippen molar-refractivity contribution >= 4 is 17.1 Å². The van der Waals surface area contributed by atoms with Gasteiger partial charge >= 0.3 is 0 Å². The molecule has 7 heteroatoms. The van der Waals surface area contributed by atoms with Gasteiger partial charge in [0.1, 0.15) is 16.5 Å². The minimum absolute atomic E-state index is 0.160. The van der Waals surface area contributed by atoms with Crippen LogP contribution in [0.2, 0.25) is 0 Å². The number of benzene rings is 1. The first-order valence-corrected chi connectivity index (χ1v) is 12.6. The molecule has 0 spiro atoms. The molecule has 6 nitrogen and oxygen atoms in total. The van der Waals surface area contributed by atoms with Gasteiger partial charge in [0.15, 0.2) is 5.78 Å². The molecule has 0 amide bonds. The van der Waals surface area contributed by atoms with E-state index >= 15 is 0 Å². The van der Waals surface area contributed by atoms with Crippen molar-refractivity contribution in [3.8, 4) is 22.1 Å². The van der Waals surface area contributed by atoms with Gasteiger partial charge in [0, 0.05) is 19.1 Å². The average Bonchev–Trinajstić information content (AvgIpc) is 3.01. The van der Waals surface area contributed by atoms with Crippen molar-refractivity contribution in [2.45, 2.75) is 51.5 Å². The largest absolute Gasteiger partial charge is 0.496 e. The van der Waals surface area contributed by atoms with Crippen LogP contribution < -0.4 is 9.47 Å². The van der Waals surface area contributed by atoms with Gasteiger partial charge in [-0.2, -0.15) is 0 Å². The van der Waals surface area contributed by atoms with E-state index in [9.17, 15) is 4.79 Å². The summed E-state index contributed by atoms with van der Waals surface area (Å²) in [7, 11) is 3.28. The van der Waals surface area contributed by atoms with Gasteiger partial charge in [-0.05, 0) is 57.8 Å². The number of rotatable bonds is 7. The molecule has 32 heavy (non-hydrogen) atoms. The number of thiazole rings is 1. The molecule has 2 aliphatic rings. The highest BCUT2D eigenvalue weighted by atomic mass is 32.1. The minimum Gasteiger partial charge on any atom is -0.496 e. The SMILES string of the molecule is COc1cccc(OC)c1-c1nc(C)c(C(=O)CN2CCC(N3CCCCCC3)CC2)s1. The summed E-state index contributed by atoms with van der Waals surface area (Å²) in [6.45, 7) is 6.88. The standard InChI is InChI=1S/C25H35N3O3S/c1-18-24(32-25(26-18)23-21(30-2)9-8-10-22(23)31-3)20(29)17-27-15-11-19(12-16-27)28-13-6-4-5-7-14-28/h8-10,19H,4-7,11-17H2,1-3H3. The van der Waals surface area contributed by atoms with Crippen LogP contribution in [0.1, 0.15) is 53.9 Å². The van der Waals surface area contributed by atoms with E-state index in [0.717, 1.165) is 34.2 Å². The van der Waals surface area contributed by atoms with Crippen LogP contribution in [-0.2, 0) is 0 Å². The fraction of sp³-hybridized carbons (Fsp3) is 0.600. The number of hydrogen-bond acceptors (Lipinski definition) is 7. The summed E-state index contributed by atoms with van der Waals surface area (Å²) in [5, 5.41) is 0.764. The number of methoxy groups -OCH3 is 2. The van der Waals surface area contributed by atoms with Crippen molar-refractivity contribution < 1.29 is 14.3 Å². The monoisotopic (exact) mass is 457 g/mol. The van der Waals surface area contributed by atoms with E-state index in [-0.39, 0.29) is 5.78 Å². The van der Waals surface area contributed by atoms with Crippen LogP contribution >= 0.6 is 11.3 Å². The molecule has 2 aromatic rings. The van der Waals surface area contributed by atoms with Crippen LogP contribution in [0.25, 0.3) is 10.6 Å². The molecule has 0 N–H and O–H groups in total. The van der Waals surface area contributed by atoms with Crippen molar-refractivity contribution in [2.24, 2.45) is 0 Å². The molecule has 0 atom stereocenters. The lowest BCUT2D eigenvalue weighted by Gasteiger charge is -2.37. The van der Waals surface area contributed by atoms with Crippen LogP contribution in [0.15, 0.2) is 18.2 Å². The van der Waals surface area contributed by atoms with Crippen LogP contribution in [0.3, 0.4) is 0 Å². The molecule has 2 fully saturated rings. The van der Waals surface area contributed by atoms with Crippen molar-refractivity contribution in [1.29, 1.82) is 0 Å². The van der Waals surface area contributed by atoms with Gasteiger partial charge in [0.25, 0.3) is 0 Å². The van der Waals surface area contributed by atoms with Gasteiger partial charge in [-0.25, -0.2) is 4.98 Å². The Morgan fingerprint density at radius 3 is 2.25 bits per heavy atom. The molecular formula is C25H35N3O3S. The maximum Gasteiger partial charge on any atom is 0.188 e. The number of aryl methyl sites for hydroxylation is 1. The predicted octanol–water partition coefficient (Wildman–Crippen LogP) is 4.66. The first-order chi connectivity index (χ1) is 15.6. The second-order valence-corrected chi connectivity index (χ2v) is 9.85. The molecule has 0 radical (unpaired) electrons. The lowest BCUT2D eigenvalue weighted by Crippen LogP contribution is -2.46. The molecule has 0 unspecified atom stereocenters. The third-order valence-corrected chi connectivity index (χ3v) is 7.99. The van der Waals surface area contributed by atoms with E-state index in [1.807, 2.05) is 25.1 Å². The normalized spacial score (nSPS) is 19.0. The molecule has 174 valence electrons. The lowest BCUT2D eigenvalue weighted by molar-refractivity contribution is 0.0830. The topological polar surface area (TPSA) is 54.9 Å². The first-order valence-electron chi connectivity index (χ1n) is 11.8. The third kappa shape index (κ3) is 5.16. The van der Waals surface area contributed by atoms with E-state index in [2.05, 4.69) is 9.80 Å². The molecule has 0 aliphatic carbocycles. The number of aromatic nitrogens is 1. The smallest absolute Gasteiger partial charge is 0.188 e. The van der Waals surface area contributed by atoms with E-state index in [0.29, 0.717) is 24.1 Å². The van der Waals surface area contributed by atoms with E-state index in [4.69, 9.17) is 14.5 Å². The Morgan fingerprint density at radius 1 is 1.03 bits per heavy atom. The maximum absolute atomic E-state index is 13.2. The van der Waals surface area contributed by atoms with Gasteiger partial charge in [0.2, 0.25) is 0 Å². The highest BCUT2D eigenvalue weighted by Gasteiger charge is 2.27. The quantitative estimate of drug-likeness (QED) is 0.564. The Morgan fingerprint density at radius 2 is 1.66 bits per heavy atom. The van der Waals surface area contributed by atoms with E-state index < -0.39 is 0 Å². The number of ketones is 1. The number of hydrogen-bond donors (Lipinski definition) is 0. The predicted molar refractivity (Wildman–Crippen MR) is 129 cm³/mol. The fourth-order valence-electron chi connectivity index (χ4n) is 5.00. The zero-order valence-corrected chi connectivity index (χ0v) is 20.4. The van der Waals surface area contributed by atoms with Gasteiger partial charge in [-0.15, -0.1) is 11.3 Å². The van der Waals surface area contributed by atoms with Crippen molar-refractivity contribution in [2.75, 3.05) is 46.9 Å². The number of Topliss-reactive ketones (excluding diaryl/α,β-unsaturated/α-hetero) is 1. The summed E-state index contributed by atoms with van der Waals surface area (Å²) in [4.78, 5) is 23.6. The Hall–Kier alpha value is -1.96. The highest BCUT2D eigenvalue weighted by molar-refractivity contribution is 7.17. The van der Waals surface area contributed by atoms with Crippen LogP contribution in [-0.4, -0.2) is 73.6 Å². The van der Waals surface area contributed by atoms with Gasteiger partial charge in [-0.1, -0.05) is 18.9 Å². The van der Waals surface area contributed by atoms with Crippen molar-refractivity contribution in [1.82, 2.24) is 14.8 Å². The second kappa shape index (κ2) is 10.8. The van der Waals surface area contributed by atoms with Gasteiger partial charge < -0.3 is 14.4 Å². The number of carbonyl (C=O) groups is 1. The van der Waals surface area contributed by atoms with Crippen molar-refractivity contribution in [3.63, 3.8) is 0 Å². The molecule has 4 rings (SSSR count). The zero-order chi connectivity index (χ0) is 22.5. The summed E-state index contributed by atoms with van der Waals surface area (Å²) < 4.78 is 11.1. The maximum atomic E-state index is 13.2. The summed E-state index contributed by atoms with van der Waals surface area (Å²) in [6, 6.07) is 6.37. The summed E-state index contributed by atoms with van der Waals surface area (Å²) >= 11 is 1.44. The Labute approximate surface area is 195 Å². The number of carbonyl (C=O) groups excluding carboxylic acids is 1. The first kappa shape index (κ1) is 23.2. The fourth-order valence-corrected chi connectivity index (χ4v) is 6.05. The molecule has 2 saturated heterocycles. The van der Waals surface area contributed by atoms with E-state index in [1.54, 1.807) is 14.2 Å². The van der Waals surface area contributed by atoms with Crippen LogP contribution in [0.5, 0.6) is 11.5 Å². The molecule has 0 bridgehead atoms. The van der Waals surface area contributed by atoms with E-state index in [1.165, 1.54) is 63.0 Å². The number of likely N-dealkylation sites (tertiary alicyclic amines) is 2. The number of nitrogens with zero attached hydrogens (tertiary/aromatic N) is 3. The molecule has 3 heterocycles. The molecular weight excluding hydrogens is 422 g/mol. The average molecular weight is 458 g/mol. The Kier molecular flexibility index (Phi) is 7.81. The minimum atomic E-state index is 0.160. The number of piperidine rings is 1. The molecule has 1 aromatic heterocycles. The third-order valence-electron chi connectivity index (χ3n) is 6.77. The molecule has 1 aromatic carbocycles. The summed E-state index contributed by atoms with van der Waals surface area (Å²) in [5.74, 6) is 1.56. The Balaban J connectivity index is 1.41. The van der Waals surface area contributed by atoms with Crippen LogP contribution in [0.4, 0.5) is 0 Å². The van der Waals surface area contributed by atoms with Crippen molar-refractivity contribution in [3.05, 3.63) is 28.8 Å². The van der Waals surface area contributed by atoms with Crippen LogP contribution in [0, 0.1) is 6.92 Å². The lowest BCUT2D eigenvalue weighted by atomic mass is 10.0. The Bertz CT molecular complexity index is 891.